The van der Waals surface area contributed by atoms with Crippen molar-refractivity contribution < 1.29 is 4.79 Å². The molecular formula is C19H30N2O. The number of amides is 1. The summed E-state index contributed by atoms with van der Waals surface area (Å²) in [7, 11) is 0. The molecule has 0 aromatic rings. The van der Waals surface area contributed by atoms with Crippen molar-refractivity contribution in [2.45, 2.75) is 44.9 Å². The standard InChI is InChI=1S/C19H30N2O/c1-2-3-20-4-6-21(7-5-20)18(22)14-19-11-15-8-16(12-19)10-17(9-15)13-19/h2,15-17H,1,3-14H2. The van der Waals surface area contributed by atoms with Gasteiger partial charge in [-0.25, -0.2) is 0 Å². The van der Waals surface area contributed by atoms with Gasteiger partial charge < -0.3 is 4.90 Å². The van der Waals surface area contributed by atoms with Crippen LogP contribution in [0.2, 0.25) is 0 Å². The van der Waals surface area contributed by atoms with Crippen molar-refractivity contribution in [3.63, 3.8) is 0 Å². The lowest BCUT2D eigenvalue weighted by molar-refractivity contribution is -0.141. The fourth-order valence-corrected chi connectivity index (χ4v) is 6.30. The molecule has 0 radical (unpaired) electrons. The van der Waals surface area contributed by atoms with Gasteiger partial charge in [0, 0.05) is 39.1 Å². The largest absolute Gasteiger partial charge is 0.340 e. The van der Waals surface area contributed by atoms with E-state index in [1.807, 2.05) is 6.08 Å². The normalized spacial score (nSPS) is 40.9. The van der Waals surface area contributed by atoms with Gasteiger partial charge in [-0.1, -0.05) is 6.08 Å². The summed E-state index contributed by atoms with van der Waals surface area (Å²) in [6.45, 7) is 8.62. The maximum absolute atomic E-state index is 12.8. The number of carbonyl (C=O) groups is 1. The van der Waals surface area contributed by atoms with Crippen molar-refractivity contribution in [3.05, 3.63) is 12.7 Å². The highest BCUT2D eigenvalue weighted by atomic mass is 16.2. The molecule has 5 rings (SSSR count). The van der Waals surface area contributed by atoms with Crippen LogP contribution in [0.3, 0.4) is 0 Å². The fourth-order valence-electron chi connectivity index (χ4n) is 6.30. The zero-order valence-corrected chi connectivity index (χ0v) is 13.8. The van der Waals surface area contributed by atoms with Gasteiger partial charge in [-0.2, -0.15) is 0 Å². The molecule has 3 heteroatoms. The van der Waals surface area contributed by atoms with Gasteiger partial charge in [0.25, 0.3) is 0 Å². The Morgan fingerprint density at radius 1 is 1.00 bits per heavy atom. The molecule has 1 saturated heterocycles. The van der Waals surface area contributed by atoms with Crippen molar-refractivity contribution in [2.75, 3.05) is 32.7 Å². The Labute approximate surface area is 134 Å². The Hall–Kier alpha value is -0.830. The first-order valence-corrected chi connectivity index (χ1v) is 9.27. The summed E-state index contributed by atoms with van der Waals surface area (Å²) in [6.07, 6.45) is 11.3. The van der Waals surface area contributed by atoms with Crippen LogP contribution in [0.5, 0.6) is 0 Å². The second-order valence-corrected chi connectivity index (χ2v) is 8.56. The van der Waals surface area contributed by atoms with E-state index in [1.54, 1.807) is 0 Å². The molecule has 1 amide bonds. The molecule has 22 heavy (non-hydrogen) atoms. The van der Waals surface area contributed by atoms with Gasteiger partial charge in [0.15, 0.2) is 0 Å². The maximum atomic E-state index is 12.8. The third-order valence-electron chi connectivity index (χ3n) is 6.80. The first kappa shape index (κ1) is 14.7. The molecular weight excluding hydrogens is 272 g/mol. The number of piperazine rings is 1. The van der Waals surface area contributed by atoms with Crippen LogP contribution < -0.4 is 0 Å². The van der Waals surface area contributed by atoms with E-state index in [4.69, 9.17) is 0 Å². The summed E-state index contributed by atoms with van der Waals surface area (Å²) in [5, 5.41) is 0. The molecule has 0 spiro atoms. The summed E-state index contributed by atoms with van der Waals surface area (Å²) in [6, 6.07) is 0. The van der Waals surface area contributed by atoms with Crippen LogP contribution >= 0.6 is 0 Å². The molecule has 4 bridgehead atoms. The van der Waals surface area contributed by atoms with Gasteiger partial charge in [-0.3, -0.25) is 9.69 Å². The van der Waals surface area contributed by atoms with Crippen LogP contribution in [0.15, 0.2) is 12.7 Å². The number of carbonyl (C=O) groups excluding carboxylic acids is 1. The van der Waals surface area contributed by atoms with Crippen molar-refractivity contribution in [3.8, 4) is 0 Å². The van der Waals surface area contributed by atoms with E-state index in [2.05, 4.69) is 16.4 Å². The first-order chi connectivity index (χ1) is 10.7. The minimum atomic E-state index is 0.393. The van der Waals surface area contributed by atoms with Crippen molar-refractivity contribution in [1.29, 1.82) is 0 Å². The van der Waals surface area contributed by atoms with Crippen molar-refractivity contribution >= 4 is 5.91 Å². The Balaban J connectivity index is 1.35. The summed E-state index contributed by atoms with van der Waals surface area (Å²) >= 11 is 0. The quantitative estimate of drug-likeness (QED) is 0.746. The Kier molecular flexibility index (Phi) is 3.80. The molecule has 4 aliphatic carbocycles. The summed E-state index contributed by atoms with van der Waals surface area (Å²) < 4.78 is 0. The zero-order chi connectivity index (χ0) is 15.2. The molecule has 4 saturated carbocycles. The van der Waals surface area contributed by atoms with E-state index in [0.29, 0.717) is 11.3 Å². The van der Waals surface area contributed by atoms with E-state index < -0.39 is 0 Å². The van der Waals surface area contributed by atoms with E-state index in [1.165, 1.54) is 38.5 Å². The molecule has 0 atom stereocenters. The van der Waals surface area contributed by atoms with E-state index >= 15 is 0 Å². The van der Waals surface area contributed by atoms with Gasteiger partial charge >= 0.3 is 0 Å². The van der Waals surface area contributed by atoms with Gasteiger partial charge in [-0.15, -0.1) is 6.58 Å². The number of hydrogen-bond donors (Lipinski definition) is 0. The van der Waals surface area contributed by atoms with Crippen LogP contribution in [-0.2, 0) is 4.79 Å². The van der Waals surface area contributed by atoms with Crippen LogP contribution in [0.1, 0.15) is 44.9 Å². The highest BCUT2D eigenvalue weighted by molar-refractivity contribution is 5.77. The number of rotatable bonds is 4. The van der Waals surface area contributed by atoms with Gasteiger partial charge in [-0.05, 0) is 61.7 Å². The first-order valence-electron chi connectivity index (χ1n) is 9.27. The number of hydrogen-bond acceptors (Lipinski definition) is 2. The van der Waals surface area contributed by atoms with Crippen LogP contribution in [-0.4, -0.2) is 48.4 Å². The van der Waals surface area contributed by atoms with Gasteiger partial charge in [0.05, 0.1) is 0 Å². The lowest BCUT2D eigenvalue weighted by Crippen LogP contribution is -2.52. The molecule has 0 unspecified atom stereocenters. The minimum Gasteiger partial charge on any atom is -0.340 e. The molecule has 0 aromatic heterocycles. The molecule has 5 aliphatic rings. The molecule has 1 heterocycles. The third kappa shape index (κ3) is 2.73. The predicted octanol–water partition coefficient (Wildman–Crippen LogP) is 2.92. The smallest absolute Gasteiger partial charge is 0.223 e. The molecule has 0 aromatic carbocycles. The summed E-state index contributed by atoms with van der Waals surface area (Å²) in [5.41, 5.74) is 0.393. The molecule has 5 fully saturated rings. The lowest BCUT2D eigenvalue weighted by Gasteiger charge is -2.57. The fraction of sp³-hybridized carbons (Fsp3) is 0.842. The zero-order valence-electron chi connectivity index (χ0n) is 13.8. The Morgan fingerprint density at radius 3 is 2.05 bits per heavy atom. The topological polar surface area (TPSA) is 23.6 Å². The van der Waals surface area contributed by atoms with Crippen molar-refractivity contribution in [1.82, 2.24) is 9.80 Å². The average Bonchev–Trinajstić information content (AvgIpc) is 2.46. The Bertz CT molecular complexity index is 415. The molecule has 3 nitrogen and oxygen atoms in total. The predicted molar refractivity (Wildman–Crippen MR) is 88.4 cm³/mol. The van der Waals surface area contributed by atoms with Crippen LogP contribution in [0, 0.1) is 23.2 Å². The van der Waals surface area contributed by atoms with Crippen LogP contribution in [0.4, 0.5) is 0 Å². The van der Waals surface area contributed by atoms with E-state index in [-0.39, 0.29) is 0 Å². The van der Waals surface area contributed by atoms with Gasteiger partial charge in [0.1, 0.15) is 0 Å². The molecule has 122 valence electrons. The Morgan fingerprint density at radius 2 is 1.55 bits per heavy atom. The van der Waals surface area contributed by atoms with E-state index in [9.17, 15) is 4.79 Å². The number of nitrogens with zero attached hydrogens (tertiary/aromatic N) is 2. The summed E-state index contributed by atoms with van der Waals surface area (Å²) in [5.74, 6) is 3.29. The SMILES string of the molecule is C=CCN1CCN(C(=O)CC23CC4CC(CC(C4)C2)C3)CC1. The molecule has 0 N–H and O–H groups in total. The maximum Gasteiger partial charge on any atom is 0.223 e. The third-order valence-corrected chi connectivity index (χ3v) is 6.80. The highest BCUT2D eigenvalue weighted by Gasteiger charge is 2.51. The second kappa shape index (κ2) is 5.67. The average molecular weight is 302 g/mol. The van der Waals surface area contributed by atoms with Crippen molar-refractivity contribution in [2.24, 2.45) is 23.2 Å². The monoisotopic (exact) mass is 302 g/mol. The molecule has 1 aliphatic heterocycles. The second-order valence-electron chi connectivity index (χ2n) is 8.56. The highest BCUT2D eigenvalue weighted by Crippen LogP contribution is 2.61. The minimum absolute atomic E-state index is 0.393. The summed E-state index contributed by atoms with van der Waals surface area (Å²) in [4.78, 5) is 17.4. The van der Waals surface area contributed by atoms with Crippen LogP contribution in [0.25, 0.3) is 0 Å². The van der Waals surface area contributed by atoms with Gasteiger partial charge in [0.2, 0.25) is 5.91 Å². The lowest BCUT2D eigenvalue weighted by atomic mass is 9.49. The van der Waals surface area contributed by atoms with E-state index in [0.717, 1.165) is 56.9 Å².